The standard InChI is InChI=1S/C6H5NO3.C6H10O2/c8-6-3-1-5(2-4-6)7(9)10;1-3-7-6-2-4-8-5(1)6/h1-4,8H;5-6H,1-4H2/t;5-,6-/m.1/s1. The van der Waals surface area contributed by atoms with Crippen molar-refractivity contribution in [3.05, 3.63) is 34.4 Å². The van der Waals surface area contributed by atoms with Crippen molar-refractivity contribution in [2.75, 3.05) is 13.2 Å². The molecule has 6 heteroatoms. The predicted octanol–water partition coefficient (Wildman–Crippen LogP) is 1.86. The first-order chi connectivity index (χ1) is 8.66. The first-order valence-electron chi connectivity index (χ1n) is 5.83. The lowest BCUT2D eigenvalue weighted by atomic mass is 10.2. The minimum absolute atomic E-state index is 0.0159. The molecule has 6 nitrogen and oxygen atoms in total. The molecular weight excluding hydrogens is 238 g/mol. The minimum Gasteiger partial charge on any atom is -0.508 e. The van der Waals surface area contributed by atoms with Gasteiger partial charge in [0.1, 0.15) is 5.75 Å². The van der Waals surface area contributed by atoms with Gasteiger partial charge in [0.05, 0.1) is 17.1 Å². The fourth-order valence-corrected chi connectivity index (χ4v) is 2.00. The predicted molar refractivity (Wildman–Crippen MR) is 63.5 cm³/mol. The van der Waals surface area contributed by atoms with E-state index in [0.29, 0.717) is 12.2 Å². The van der Waals surface area contributed by atoms with Gasteiger partial charge in [0.15, 0.2) is 0 Å². The summed E-state index contributed by atoms with van der Waals surface area (Å²) in [6, 6.07) is 5.04. The van der Waals surface area contributed by atoms with Gasteiger partial charge in [-0.3, -0.25) is 10.1 Å². The largest absolute Gasteiger partial charge is 0.508 e. The second-order valence-corrected chi connectivity index (χ2v) is 4.17. The summed E-state index contributed by atoms with van der Waals surface area (Å²) >= 11 is 0. The normalized spacial score (nSPS) is 25.1. The van der Waals surface area contributed by atoms with Crippen molar-refractivity contribution < 1.29 is 19.5 Å². The fraction of sp³-hybridized carbons (Fsp3) is 0.500. The van der Waals surface area contributed by atoms with Gasteiger partial charge in [-0.2, -0.15) is 0 Å². The van der Waals surface area contributed by atoms with Crippen LogP contribution in [0.25, 0.3) is 0 Å². The van der Waals surface area contributed by atoms with Crippen molar-refractivity contribution in [2.45, 2.75) is 25.0 Å². The van der Waals surface area contributed by atoms with Crippen molar-refractivity contribution in [3.8, 4) is 5.75 Å². The molecule has 2 aliphatic heterocycles. The molecule has 1 aromatic carbocycles. The molecule has 18 heavy (non-hydrogen) atoms. The van der Waals surface area contributed by atoms with Crippen LogP contribution in [-0.4, -0.2) is 35.5 Å². The Labute approximate surface area is 104 Å². The van der Waals surface area contributed by atoms with Gasteiger partial charge in [-0.25, -0.2) is 0 Å². The number of nitrogens with zero attached hydrogens (tertiary/aromatic N) is 1. The molecule has 0 bridgehead atoms. The molecule has 0 unspecified atom stereocenters. The number of fused-ring (bicyclic) bond motifs is 1. The van der Waals surface area contributed by atoms with Gasteiger partial charge in [0.25, 0.3) is 5.69 Å². The van der Waals surface area contributed by atoms with E-state index < -0.39 is 4.92 Å². The first kappa shape index (κ1) is 12.8. The number of ether oxygens (including phenoxy) is 2. The van der Waals surface area contributed by atoms with Gasteiger partial charge in [-0.1, -0.05) is 0 Å². The lowest BCUT2D eigenvalue weighted by Crippen LogP contribution is -2.13. The monoisotopic (exact) mass is 253 g/mol. The number of nitro groups is 1. The maximum Gasteiger partial charge on any atom is 0.269 e. The van der Waals surface area contributed by atoms with E-state index in [1.165, 1.54) is 24.3 Å². The number of non-ortho nitro benzene ring substituents is 1. The number of nitro benzene ring substituents is 1. The summed E-state index contributed by atoms with van der Waals surface area (Å²) in [5, 5.41) is 18.8. The number of phenolic OH excluding ortho intramolecular Hbond substituents is 1. The van der Waals surface area contributed by atoms with E-state index in [1.807, 2.05) is 0 Å². The van der Waals surface area contributed by atoms with Gasteiger partial charge in [-0.15, -0.1) is 0 Å². The molecule has 2 fully saturated rings. The van der Waals surface area contributed by atoms with E-state index in [2.05, 4.69) is 0 Å². The third-order valence-electron chi connectivity index (χ3n) is 2.94. The molecule has 1 N–H and O–H groups in total. The average molecular weight is 253 g/mol. The lowest BCUT2D eigenvalue weighted by Gasteiger charge is -2.03. The van der Waals surface area contributed by atoms with Crippen LogP contribution in [-0.2, 0) is 9.47 Å². The summed E-state index contributed by atoms with van der Waals surface area (Å²) < 4.78 is 10.7. The quantitative estimate of drug-likeness (QED) is 0.610. The Morgan fingerprint density at radius 2 is 1.61 bits per heavy atom. The van der Waals surface area contributed by atoms with Crippen LogP contribution in [0.3, 0.4) is 0 Å². The minimum atomic E-state index is -0.514. The summed E-state index contributed by atoms with van der Waals surface area (Å²) in [6.07, 6.45) is 3.14. The number of hydrogen-bond acceptors (Lipinski definition) is 5. The highest BCUT2D eigenvalue weighted by molar-refractivity contribution is 5.34. The van der Waals surface area contributed by atoms with E-state index in [-0.39, 0.29) is 11.4 Å². The van der Waals surface area contributed by atoms with Crippen LogP contribution in [0.2, 0.25) is 0 Å². The molecule has 2 aliphatic rings. The first-order valence-corrected chi connectivity index (χ1v) is 5.83. The molecule has 0 amide bonds. The van der Waals surface area contributed by atoms with Crippen LogP contribution in [0.1, 0.15) is 12.8 Å². The Balaban J connectivity index is 0.000000136. The van der Waals surface area contributed by atoms with Crippen molar-refractivity contribution in [1.82, 2.24) is 0 Å². The number of hydrogen-bond donors (Lipinski definition) is 1. The highest BCUT2D eigenvalue weighted by Gasteiger charge is 2.33. The van der Waals surface area contributed by atoms with Gasteiger partial charge < -0.3 is 14.6 Å². The Bertz CT molecular complexity index is 385. The van der Waals surface area contributed by atoms with Crippen LogP contribution in [0.5, 0.6) is 5.75 Å². The van der Waals surface area contributed by atoms with Crippen LogP contribution < -0.4 is 0 Å². The summed E-state index contributed by atoms with van der Waals surface area (Å²) in [5.74, 6) is 0.0330. The molecule has 0 saturated carbocycles. The van der Waals surface area contributed by atoms with E-state index in [4.69, 9.17) is 14.6 Å². The van der Waals surface area contributed by atoms with Crippen LogP contribution in [0, 0.1) is 10.1 Å². The average Bonchev–Trinajstić information content (AvgIpc) is 2.92. The van der Waals surface area contributed by atoms with Crippen molar-refractivity contribution in [1.29, 1.82) is 0 Å². The van der Waals surface area contributed by atoms with E-state index in [1.54, 1.807) is 0 Å². The molecule has 0 aromatic heterocycles. The number of aromatic hydroxyl groups is 1. The Hall–Kier alpha value is -1.66. The van der Waals surface area contributed by atoms with Gasteiger partial charge in [0.2, 0.25) is 0 Å². The molecule has 2 atom stereocenters. The van der Waals surface area contributed by atoms with Crippen molar-refractivity contribution >= 4 is 5.69 Å². The smallest absolute Gasteiger partial charge is 0.269 e. The second kappa shape index (κ2) is 5.79. The lowest BCUT2D eigenvalue weighted by molar-refractivity contribution is -0.384. The summed E-state index contributed by atoms with van der Waals surface area (Å²) in [7, 11) is 0. The maximum atomic E-state index is 10.0. The van der Waals surface area contributed by atoms with Gasteiger partial charge in [-0.05, 0) is 25.0 Å². The molecule has 3 rings (SSSR count). The Morgan fingerprint density at radius 1 is 1.11 bits per heavy atom. The Kier molecular flexibility index (Phi) is 4.11. The van der Waals surface area contributed by atoms with Crippen LogP contribution in [0.4, 0.5) is 5.69 Å². The highest BCUT2D eigenvalue weighted by Crippen LogP contribution is 2.25. The molecule has 1 aromatic rings. The molecule has 0 spiro atoms. The van der Waals surface area contributed by atoms with Crippen LogP contribution in [0.15, 0.2) is 24.3 Å². The second-order valence-electron chi connectivity index (χ2n) is 4.17. The molecule has 0 radical (unpaired) electrons. The SMILES string of the molecule is C1C[C@H]2OCC[C@H]2O1.O=[N+]([O-])c1ccc(O)cc1. The van der Waals surface area contributed by atoms with Gasteiger partial charge in [0, 0.05) is 25.3 Å². The molecule has 0 aliphatic carbocycles. The zero-order chi connectivity index (χ0) is 13.0. The Morgan fingerprint density at radius 3 is 2.06 bits per heavy atom. The van der Waals surface area contributed by atoms with Crippen LogP contribution >= 0.6 is 0 Å². The molecule has 2 heterocycles. The highest BCUT2D eigenvalue weighted by atomic mass is 16.6. The van der Waals surface area contributed by atoms with E-state index in [9.17, 15) is 10.1 Å². The third-order valence-corrected chi connectivity index (χ3v) is 2.94. The number of rotatable bonds is 1. The number of phenols is 1. The van der Waals surface area contributed by atoms with E-state index >= 15 is 0 Å². The summed E-state index contributed by atoms with van der Waals surface area (Å²) in [4.78, 5) is 9.52. The molecule has 98 valence electrons. The molecule has 2 saturated heterocycles. The number of benzene rings is 1. The topological polar surface area (TPSA) is 81.8 Å². The van der Waals surface area contributed by atoms with Crippen molar-refractivity contribution in [2.24, 2.45) is 0 Å². The van der Waals surface area contributed by atoms with Gasteiger partial charge >= 0.3 is 0 Å². The maximum absolute atomic E-state index is 10.0. The summed E-state index contributed by atoms with van der Waals surface area (Å²) in [6.45, 7) is 1.82. The molecular formula is C12H15NO5. The van der Waals surface area contributed by atoms with Crippen molar-refractivity contribution in [3.63, 3.8) is 0 Å². The fourth-order valence-electron chi connectivity index (χ4n) is 2.00. The zero-order valence-electron chi connectivity index (χ0n) is 9.82. The van der Waals surface area contributed by atoms with E-state index in [0.717, 1.165) is 26.1 Å². The summed E-state index contributed by atoms with van der Waals surface area (Å²) in [5.41, 5.74) is -0.0159. The third kappa shape index (κ3) is 3.18. The zero-order valence-corrected chi connectivity index (χ0v) is 9.82.